The van der Waals surface area contributed by atoms with Crippen molar-refractivity contribution in [2.24, 2.45) is 0 Å². The minimum absolute atomic E-state index is 0.345. The maximum Gasteiger partial charge on any atom is 0.123 e. The fourth-order valence-corrected chi connectivity index (χ4v) is 3.07. The van der Waals surface area contributed by atoms with Crippen molar-refractivity contribution in [3.8, 4) is 5.75 Å². The number of aryl methyl sites for hydroxylation is 1. The van der Waals surface area contributed by atoms with Gasteiger partial charge in [0.15, 0.2) is 0 Å². The van der Waals surface area contributed by atoms with E-state index < -0.39 is 0 Å². The van der Waals surface area contributed by atoms with E-state index in [2.05, 4.69) is 42.4 Å². The molecule has 1 fully saturated rings. The van der Waals surface area contributed by atoms with Crippen LogP contribution in [0.15, 0.2) is 18.2 Å². The molecule has 0 saturated carbocycles. The highest BCUT2D eigenvalue weighted by Crippen LogP contribution is 2.30. The van der Waals surface area contributed by atoms with Crippen LogP contribution in [-0.4, -0.2) is 43.7 Å². The van der Waals surface area contributed by atoms with E-state index in [1.54, 1.807) is 0 Å². The molecule has 1 N–H and O–H groups in total. The molecule has 1 aromatic rings. The quantitative estimate of drug-likeness (QED) is 0.876. The summed E-state index contributed by atoms with van der Waals surface area (Å²) in [4.78, 5) is 2.52. The molecule has 2 atom stereocenters. The summed E-state index contributed by atoms with van der Waals surface area (Å²) in [5, 5.41) is 3.36. The van der Waals surface area contributed by atoms with Gasteiger partial charge in [-0.3, -0.25) is 4.90 Å². The average molecular weight is 246 g/mol. The van der Waals surface area contributed by atoms with E-state index in [0.717, 1.165) is 25.3 Å². The van der Waals surface area contributed by atoms with Crippen molar-refractivity contribution in [2.45, 2.75) is 31.9 Å². The molecule has 1 saturated heterocycles. The van der Waals surface area contributed by atoms with Gasteiger partial charge in [0.2, 0.25) is 0 Å². The zero-order chi connectivity index (χ0) is 12.5. The number of likely N-dealkylation sites (N-methyl/N-ethyl adjacent to an activating group) is 1. The van der Waals surface area contributed by atoms with E-state index in [1.807, 2.05) is 0 Å². The molecule has 2 aliphatic rings. The Morgan fingerprint density at radius 3 is 3.11 bits per heavy atom. The fourth-order valence-electron chi connectivity index (χ4n) is 3.07. The molecule has 2 aliphatic heterocycles. The molecule has 2 heterocycles. The van der Waals surface area contributed by atoms with Crippen molar-refractivity contribution in [3.05, 3.63) is 29.3 Å². The van der Waals surface area contributed by atoms with Gasteiger partial charge in [-0.25, -0.2) is 0 Å². The first-order valence-electron chi connectivity index (χ1n) is 6.90. The lowest BCUT2D eigenvalue weighted by molar-refractivity contribution is 0.166. The Balaban J connectivity index is 1.58. The highest BCUT2D eigenvalue weighted by molar-refractivity contribution is 5.40. The first-order chi connectivity index (χ1) is 8.74. The molecule has 98 valence electrons. The first kappa shape index (κ1) is 12.0. The molecule has 0 radical (unpaired) electrons. The highest BCUT2D eigenvalue weighted by atomic mass is 16.5. The van der Waals surface area contributed by atoms with Gasteiger partial charge in [0.1, 0.15) is 11.9 Å². The van der Waals surface area contributed by atoms with Gasteiger partial charge in [-0.05, 0) is 38.6 Å². The normalized spacial score (nSPS) is 27.2. The summed E-state index contributed by atoms with van der Waals surface area (Å²) in [6.07, 6.45) is 2.67. The van der Waals surface area contributed by atoms with Gasteiger partial charge in [-0.2, -0.15) is 0 Å². The third kappa shape index (κ3) is 2.38. The number of rotatable bonds is 3. The SMILES string of the molecule is CNC1CCN(CC2Cc3cc(C)ccc3O2)C1. The molecule has 1 aromatic carbocycles. The number of likely N-dealkylation sites (tertiary alicyclic amines) is 1. The van der Waals surface area contributed by atoms with E-state index in [0.29, 0.717) is 12.1 Å². The molecule has 0 amide bonds. The molecular weight excluding hydrogens is 224 g/mol. The van der Waals surface area contributed by atoms with Crippen molar-refractivity contribution < 1.29 is 4.74 Å². The summed E-state index contributed by atoms with van der Waals surface area (Å²) in [5.41, 5.74) is 2.71. The Morgan fingerprint density at radius 1 is 1.44 bits per heavy atom. The van der Waals surface area contributed by atoms with E-state index in [4.69, 9.17) is 4.74 Å². The number of fused-ring (bicyclic) bond motifs is 1. The predicted molar refractivity (Wildman–Crippen MR) is 73.2 cm³/mol. The Hall–Kier alpha value is -1.06. The molecular formula is C15H22N2O. The molecule has 18 heavy (non-hydrogen) atoms. The zero-order valence-corrected chi connectivity index (χ0v) is 11.3. The molecule has 0 bridgehead atoms. The number of benzene rings is 1. The second kappa shape index (κ2) is 4.90. The van der Waals surface area contributed by atoms with Gasteiger partial charge >= 0.3 is 0 Å². The van der Waals surface area contributed by atoms with E-state index in [1.165, 1.54) is 24.1 Å². The Kier molecular flexibility index (Phi) is 3.27. The predicted octanol–water partition coefficient (Wildman–Crippen LogP) is 1.59. The lowest BCUT2D eigenvalue weighted by atomic mass is 10.1. The maximum atomic E-state index is 6.03. The largest absolute Gasteiger partial charge is 0.488 e. The number of nitrogens with zero attached hydrogens (tertiary/aromatic N) is 1. The zero-order valence-electron chi connectivity index (χ0n) is 11.3. The summed E-state index contributed by atoms with van der Waals surface area (Å²) in [5.74, 6) is 1.09. The molecule has 0 aliphatic carbocycles. The monoisotopic (exact) mass is 246 g/mol. The fraction of sp³-hybridized carbons (Fsp3) is 0.600. The van der Waals surface area contributed by atoms with E-state index >= 15 is 0 Å². The van der Waals surface area contributed by atoms with Gasteiger partial charge in [0, 0.05) is 25.6 Å². The van der Waals surface area contributed by atoms with Crippen LogP contribution in [0.4, 0.5) is 0 Å². The van der Waals surface area contributed by atoms with E-state index in [9.17, 15) is 0 Å². The third-order valence-corrected chi connectivity index (χ3v) is 4.10. The molecule has 0 spiro atoms. The van der Waals surface area contributed by atoms with Crippen molar-refractivity contribution in [2.75, 3.05) is 26.7 Å². The van der Waals surface area contributed by atoms with Crippen LogP contribution in [0.2, 0.25) is 0 Å². The summed E-state index contributed by atoms with van der Waals surface area (Å²) < 4.78 is 6.03. The summed E-state index contributed by atoms with van der Waals surface area (Å²) >= 11 is 0. The number of ether oxygens (including phenoxy) is 1. The second-order valence-electron chi connectivity index (χ2n) is 5.59. The lowest BCUT2D eigenvalue weighted by Crippen LogP contribution is -2.35. The van der Waals surface area contributed by atoms with Crippen LogP contribution in [0.25, 0.3) is 0 Å². The van der Waals surface area contributed by atoms with Crippen LogP contribution in [0.5, 0.6) is 5.75 Å². The molecule has 2 unspecified atom stereocenters. The van der Waals surface area contributed by atoms with Gasteiger partial charge in [-0.15, -0.1) is 0 Å². The summed E-state index contributed by atoms with van der Waals surface area (Å²) in [6.45, 7) is 5.56. The molecule has 0 aromatic heterocycles. The van der Waals surface area contributed by atoms with Crippen LogP contribution in [-0.2, 0) is 6.42 Å². The van der Waals surface area contributed by atoms with Crippen LogP contribution in [0.1, 0.15) is 17.5 Å². The number of hydrogen-bond acceptors (Lipinski definition) is 3. The van der Waals surface area contributed by atoms with Gasteiger partial charge in [-0.1, -0.05) is 17.7 Å². The van der Waals surface area contributed by atoms with Crippen LogP contribution in [0.3, 0.4) is 0 Å². The second-order valence-corrected chi connectivity index (χ2v) is 5.59. The van der Waals surface area contributed by atoms with Gasteiger partial charge in [0.25, 0.3) is 0 Å². The Bertz CT molecular complexity index is 433. The van der Waals surface area contributed by atoms with Crippen molar-refractivity contribution in [1.29, 1.82) is 0 Å². The molecule has 3 heteroatoms. The smallest absolute Gasteiger partial charge is 0.123 e. The van der Waals surface area contributed by atoms with Gasteiger partial charge in [0.05, 0.1) is 0 Å². The summed E-state index contributed by atoms with van der Waals surface area (Å²) in [7, 11) is 2.05. The van der Waals surface area contributed by atoms with E-state index in [-0.39, 0.29) is 0 Å². The maximum absolute atomic E-state index is 6.03. The number of nitrogens with one attached hydrogen (secondary N) is 1. The van der Waals surface area contributed by atoms with Crippen LogP contribution >= 0.6 is 0 Å². The average Bonchev–Trinajstić information content (AvgIpc) is 2.95. The van der Waals surface area contributed by atoms with Crippen molar-refractivity contribution >= 4 is 0 Å². The third-order valence-electron chi connectivity index (χ3n) is 4.10. The topological polar surface area (TPSA) is 24.5 Å². The summed E-state index contributed by atoms with van der Waals surface area (Å²) in [6, 6.07) is 7.17. The van der Waals surface area contributed by atoms with Gasteiger partial charge < -0.3 is 10.1 Å². The Morgan fingerprint density at radius 2 is 2.33 bits per heavy atom. The minimum Gasteiger partial charge on any atom is -0.488 e. The minimum atomic E-state index is 0.345. The number of hydrogen-bond donors (Lipinski definition) is 1. The van der Waals surface area contributed by atoms with Crippen molar-refractivity contribution in [1.82, 2.24) is 10.2 Å². The standard InChI is InChI=1S/C15H22N2O/c1-11-3-4-15-12(7-11)8-14(18-15)10-17-6-5-13(9-17)16-2/h3-4,7,13-14,16H,5-6,8-10H2,1-2H3. The molecule has 3 nitrogen and oxygen atoms in total. The van der Waals surface area contributed by atoms with Crippen LogP contribution in [0, 0.1) is 6.92 Å². The highest BCUT2D eigenvalue weighted by Gasteiger charge is 2.28. The first-order valence-corrected chi connectivity index (χ1v) is 6.90. The van der Waals surface area contributed by atoms with Crippen molar-refractivity contribution in [3.63, 3.8) is 0 Å². The Labute approximate surface area is 109 Å². The lowest BCUT2D eigenvalue weighted by Gasteiger charge is -2.20. The molecule has 3 rings (SSSR count). The van der Waals surface area contributed by atoms with Crippen LogP contribution < -0.4 is 10.1 Å².